The summed E-state index contributed by atoms with van der Waals surface area (Å²) in [7, 11) is 0. The summed E-state index contributed by atoms with van der Waals surface area (Å²) >= 11 is 0. The average molecular weight is 213 g/mol. The highest BCUT2D eigenvalue weighted by molar-refractivity contribution is 5.73. The molecule has 15 heavy (non-hydrogen) atoms. The zero-order valence-electron chi connectivity index (χ0n) is 8.95. The van der Waals surface area contributed by atoms with Crippen molar-refractivity contribution in [1.82, 2.24) is 5.32 Å². The Bertz CT molecular complexity index is 226. The second-order valence-corrected chi connectivity index (χ2v) is 4.56. The van der Waals surface area contributed by atoms with Gasteiger partial charge in [-0.1, -0.05) is 0 Å². The molecule has 3 unspecified atom stereocenters. The molecule has 0 radical (unpaired) electrons. The number of rotatable bonds is 3. The molecule has 2 rings (SSSR count). The molecule has 2 aliphatic rings. The molecular weight excluding hydrogens is 194 g/mol. The van der Waals surface area contributed by atoms with Gasteiger partial charge < -0.3 is 15.2 Å². The minimum Gasteiger partial charge on any atom is -0.480 e. The molecular formula is C11H19NO3. The minimum atomic E-state index is -0.716. The zero-order chi connectivity index (χ0) is 10.7. The van der Waals surface area contributed by atoms with Crippen LogP contribution in [0, 0.1) is 0 Å². The quantitative estimate of drug-likeness (QED) is 0.738. The summed E-state index contributed by atoms with van der Waals surface area (Å²) in [6.45, 7) is 0.875. The van der Waals surface area contributed by atoms with Gasteiger partial charge in [0, 0.05) is 12.6 Å². The normalized spacial score (nSPS) is 36.7. The summed E-state index contributed by atoms with van der Waals surface area (Å²) in [5, 5.41) is 12.1. The van der Waals surface area contributed by atoms with Gasteiger partial charge in [0.05, 0.1) is 6.10 Å². The maximum Gasteiger partial charge on any atom is 0.320 e. The molecule has 0 aromatic carbocycles. The van der Waals surface area contributed by atoms with Crippen LogP contribution in [-0.2, 0) is 9.53 Å². The van der Waals surface area contributed by atoms with Crippen LogP contribution in [0.15, 0.2) is 0 Å². The van der Waals surface area contributed by atoms with E-state index in [0.717, 1.165) is 45.1 Å². The number of nitrogens with one attached hydrogen (secondary N) is 1. The Morgan fingerprint density at radius 3 is 2.87 bits per heavy atom. The maximum atomic E-state index is 10.8. The van der Waals surface area contributed by atoms with Crippen LogP contribution in [-0.4, -0.2) is 35.9 Å². The lowest BCUT2D eigenvalue weighted by Gasteiger charge is -2.30. The summed E-state index contributed by atoms with van der Waals surface area (Å²) in [4.78, 5) is 10.8. The predicted octanol–water partition coefficient (Wildman–Crippen LogP) is 1.15. The fourth-order valence-corrected chi connectivity index (χ4v) is 2.55. The van der Waals surface area contributed by atoms with Gasteiger partial charge in [-0.15, -0.1) is 0 Å². The summed E-state index contributed by atoms with van der Waals surface area (Å²) < 4.78 is 5.56. The van der Waals surface area contributed by atoms with Crippen LogP contribution in [0.5, 0.6) is 0 Å². The molecule has 2 N–H and O–H groups in total. The molecule has 0 aromatic rings. The van der Waals surface area contributed by atoms with Gasteiger partial charge in [0.1, 0.15) is 6.04 Å². The van der Waals surface area contributed by atoms with Gasteiger partial charge in [0.25, 0.3) is 0 Å². The molecule has 0 aromatic heterocycles. The lowest BCUT2D eigenvalue weighted by atomic mass is 9.94. The number of hydrogen-bond donors (Lipinski definition) is 2. The molecule has 2 fully saturated rings. The average Bonchev–Trinajstić information content (AvgIpc) is 2.71. The highest BCUT2D eigenvalue weighted by Gasteiger charge is 2.28. The Morgan fingerprint density at radius 2 is 2.20 bits per heavy atom. The van der Waals surface area contributed by atoms with E-state index in [1.165, 1.54) is 0 Å². The van der Waals surface area contributed by atoms with Crippen molar-refractivity contribution in [2.45, 2.75) is 56.7 Å². The monoisotopic (exact) mass is 213 g/mol. The van der Waals surface area contributed by atoms with Crippen molar-refractivity contribution >= 4 is 5.97 Å². The number of carbonyl (C=O) groups is 1. The second kappa shape index (κ2) is 4.94. The van der Waals surface area contributed by atoms with Gasteiger partial charge in [-0.05, 0) is 38.5 Å². The van der Waals surface area contributed by atoms with Crippen LogP contribution < -0.4 is 5.32 Å². The van der Waals surface area contributed by atoms with Gasteiger partial charge in [0.15, 0.2) is 0 Å². The van der Waals surface area contributed by atoms with Crippen LogP contribution in [0.3, 0.4) is 0 Å². The summed E-state index contributed by atoms with van der Waals surface area (Å²) in [6.07, 6.45) is 6.48. The molecule has 3 atom stereocenters. The van der Waals surface area contributed by atoms with E-state index in [0.29, 0.717) is 12.1 Å². The lowest BCUT2D eigenvalue weighted by molar-refractivity contribution is -0.140. The molecule has 86 valence electrons. The summed E-state index contributed by atoms with van der Waals surface area (Å²) in [5.74, 6) is -0.716. The van der Waals surface area contributed by atoms with E-state index in [4.69, 9.17) is 9.84 Å². The Kier molecular flexibility index (Phi) is 3.59. The van der Waals surface area contributed by atoms with Crippen LogP contribution in [0.4, 0.5) is 0 Å². The van der Waals surface area contributed by atoms with Crippen LogP contribution in [0.1, 0.15) is 38.5 Å². The van der Waals surface area contributed by atoms with Crippen LogP contribution in [0.25, 0.3) is 0 Å². The number of aliphatic carboxylic acids is 1. The first kappa shape index (κ1) is 10.9. The Balaban J connectivity index is 1.79. The highest BCUT2D eigenvalue weighted by Crippen LogP contribution is 2.22. The fourth-order valence-electron chi connectivity index (χ4n) is 2.55. The Labute approximate surface area is 90.0 Å². The molecule has 2 heterocycles. The van der Waals surface area contributed by atoms with E-state index >= 15 is 0 Å². The Hall–Kier alpha value is -0.610. The third-order valence-corrected chi connectivity index (χ3v) is 3.35. The van der Waals surface area contributed by atoms with Crippen LogP contribution >= 0.6 is 0 Å². The zero-order valence-corrected chi connectivity index (χ0v) is 8.95. The summed E-state index contributed by atoms with van der Waals surface area (Å²) in [6, 6.07) is -0.00639. The molecule has 4 nitrogen and oxygen atoms in total. The van der Waals surface area contributed by atoms with Crippen molar-refractivity contribution in [2.75, 3.05) is 6.61 Å². The standard InChI is InChI=1S/C11H19NO3/c13-11(14)10-5-1-3-8(12-10)7-9-4-2-6-15-9/h8-10,12H,1-7H2,(H,13,14). The molecule has 2 saturated heterocycles. The summed E-state index contributed by atoms with van der Waals surface area (Å²) in [5.41, 5.74) is 0. The van der Waals surface area contributed by atoms with Gasteiger partial charge in [0.2, 0.25) is 0 Å². The minimum absolute atomic E-state index is 0.336. The van der Waals surface area contributed by atoms with Crippen molar-refractivity contribution in [1.29, 1.82) is 0 Å². The third kappa shape index (κ3) is 2.92. The number of hydrogen-bond acceptors (Lipinski definition) is 3. The molecule has 0 spiro atoms. The molecule has 0 saturated carbocycles. The van der Waals surface area contributed by atoms with E-state index in [9.17, 15) is 4.79 Å². The first-order valence-electron chi connectivity index (χ1n) is 5.86. The number of carboxylic acids is 1. The largest absolute Gasteiger partial charge is 0.480 e. The first-order valence-corrected chi connectivity index (χ1v) is 5.86. The first-order chi connectivity index (χ1) is 7.25. The molecule has 0 amide bonds. The maximum absolute atomic E-state index is 10.8. The topological polar surface area (TPSA) is 58.6 Å². The van der Waals surface area contributed by atoms with E-state index in [2.05, 4.69) is 5.32 Å². The predicted molar refractivity (Wildman–Crippen MR) is 55.8 cm³/mol. The van der Waals surface area contributed by atoms with E-state index in [-0.39, 0.29) is 6.04 Å². The van der Waals surface area contributed by atoms with Gasteiger partial charge >= 0.3 is 5.97 Å². The van der Waals surface area contributed by atoms with Crippen molar-refractivity contribution in [2.24, 2.45) is 0 Å². The molecule has 4 heteroatoms. The van der Waals surface area contributed by atoms with Crippen LogP contribution in [0.2, 0.25) is 0 Å². The molecule has 0 aliphatic carbocycles. The second-order valence-electron chi connectivity index (χ2n) is 4.56. The van der Waals surface area contributed by atoms with Crippen molar-refractivity contribution < 1.29 is 14.6 Å². The van der Waals surface area contributed by atoms with Crippen molar-refractivity contribution in [3.63, 3.8) is 0 Å². The smallest absolute Gasteiger partial charge is 0.320 e. The van der Waals surface area contributed by atoms with E-state index in [1.807, 2.05) is 0 Å². The lowest BCUT2D eigenvalue weighted by Crippen LogP contribution is -2.47. The van der Waals surface area contributed by atoms with E-state index in [1.54, 1.807) is 0 Å². The Morgan fingerprint density at radius 1 is 1.33 bits per heavy atom. The van der Waals surface area contributed by atoms with Crippen molar-refractivity contribution in [3.05, 3.63) is 0 Å². The van der Waals surface area contributed by atoms with Gasteiger partial charge in [-0.3, -0.25) is 4.79 Å². The number of carboxylic acid groups (broad SMARTS) is 1. The van der Waals surface area contributed by atoms with E-state index < -0.39 is 5.97 Å². The molecule has 0 bridgehead atoms. The van der Waals surface area contributed by atoms with Crippen molar-refractivity contribution in [3.8, 4) is 0 Å². The highest BCUT2D eigenvalue weighted by atomic mass is 16.5. The molecule has 2 aliphatic heterocycles. The van der Waals surface area contributed by atoms with Gasteiger partial charge in [-0.2, -0.15) is 0 Å². The SMILES string of the molecule is O=C(O)C1CCCC(CC2CCCO2)N1. The third-order valence-electron chi connectivity index (χ3n) is 3.35. The fraction of sp³-hybridized carbons (Fsp3) is 0.909. The number of ether oxygens (including phenoxy) is 1. The number of piperidine rings is 1. The van der Waals surface area contributed by atoms with Gasteiger partial charge in [-0.25, -0.2) is 0 Å².